The van der Waals surface area contributed by atoms with Crippen molar-refractivity contribution in [2.24, 2.45) is 0 Å². The largest absolute Gasteiger partial charge is 0.497 e. The molecule has 2 aromatic rings. The monoisotopic (exact) mass is 290 g/mol. The molecule has 0 unspecified atom stereocenters. The van der Waals surface area contributed by atoms with Crippen molar-refractivity contribution in [2.75, 3.05) is 38.9 Å². The summed E-state index contributed by atoms with van der Waals surface area (Å²) < 4.78 is 11.4. The second-order valence-corrected chi connectivity index (χ2v) is 4.58. The minimum Gasteiger partial charge on any atom is -0.497 e. The fraction of sp³-hybridized carbons (Fsp3) is 0.286. The number of esters is 1. The zero-order valence-corrected chi connectivity index (χ0v) is 12.5. The van der Waals surface area contributed by atoms with Crippen molar-refractivity contribution in [3.05, 3.63) is 29.8 Å². The van der Waals surface area contributed by atoms with Crippen molar-refractivity contribution < 1.29 is 14.3 Å². The van der Waals surface area contributed by atoms with Crippen LogP contribution in [0.15, 0.2) is 24.3 Å². The van der Waals surface area contributed by atoms with E-state index in [4.69, 9.17) is 15.2 Å². The van der Waals surface area contributed by atoms with Gasteiger partial charge in [-0.3, -0.25) is 0 Å². The van der Waals surface area contributed by atoms with E-state index in [1.807, 2.05) is 12.1 Å². The Bertz CT molecular complexity index is 647. The number of methoxy groups -OCH3 is 2. The van der Waals surface area contributed by atoms with Gasteiger partial charge in [-0.05, 0) is 24.3 Å². The Morgan fingerprint density at radius 1 is 1.24 bits per heavy atom. The SMILES string of the molecule is COC(=O)c1c(N(C)C)nn(-c2ccc(OC)cc2)c1N. The highest BCUT2D eigenvalue weighted by molar-refractivity contribution is 6.00. The van der Waals surface area contributed by atoms with Gasteiger partial charge in [0.25, 0.3) is 0 Å². The third-order valence-electron chi connectivity index (χ3n) is 3.03. The van der Waals surface area contributed by atoms with Crippen LogP contribution in [0.5, 0.6) is 5.75 Å². The Kier molecular flexibility index (Phi) is 4.02. The number of carbonyl (C=O) groups excluding carboxylic acids is 1. The molecule has 0 bridgehead atoms. The van der Waals surface area contributed by atoms with Crippen molar-refractivity contribution in [1.29, 1.82) is 0 Å². The first-order valence-corrected chi connectivity index (χ1v) is 6.28. The molecule has 7 nitrogen and oxygen atoms in total. The molecule has 0 spiro atoms. The molecule has 0 amide bonds. The smallest absolute Gasteiger partial charge is 0.345 e. The van der Waals surface area contributed by atoms with Gasteiger partial charge in [0, 0.05) is 14.1 Å². The highest BCUT2D eigenvalue weighted by Gasteiger charge is 2.24. The van der Waals surface area contributed by atoms with Crippen LogP contribution < -0.4 is 15.4 Å². The maximum absolute atomic E-state index is 11.9. The first kappa shape index (κ1) is 14.7. The fourth-order valence-corrected chi connectivity index (χ4v) is 1.95. The van der Waals surface area contributed by atoms with Crippen molar-refractivity contribution in [1.82, 2.24) is 9.78 Å². The van der Waals surface area contributed by atoms with Crippen molar-refractivity contribution in [3.63, 3.8) is 0 Å². The summed E-state index contributed by atoms with van der Waals surface area (Å²) in [7, 11) is 6.47. The van der Waals surface area contributed by atoms with Crippen LogP contribution in [0.2, 0.25) is 0 Å². The molecule has 0 atom stereocenters. The molecule has 0 radical (unpaired) electrons. The van der Waals surface area contributed by atoms with Crippen LogP contribution >= 0.6 is 0 Å². The molecule has 2 rings (SSSR count). The minimum absolute atomic E-state index is 0.232. The highest BCUT2D eigenvalue weighted by atomic mass is 16.5. The fourth-order valence-electron chi connectivity index (χ4n) is 1.95. The number of nitrogens with two attached hydrogens (primary N) is 1. The Labute approximate surface area is 122 Å². The lowest BCUT2D eigenvalue weighted by atomic mass is 10.2. The van der Waals surface area contributed by atoms with Gasteiger partial charge in [0.1, 0.15) is 17.1 Å². The molecule has 1 heterocycles. The molecule has 21 heavy (non-hydrogen) atoms. The Balaban J connectivity index is 2.56. The van der Waals surface area contributed by atoms with Crippen LogP contribution in [0.3, 0.4) is 0 Å². The van der Waals surface area contributed by atoms with E-state index >= 15 is 0 Å². The number of hydrogen-bond acceptors (Lipinski definition) is 6. The normalized spacial score (nSPS) is 10.3. The summed E-state index contributed by atoms with van der Waals surface area (Å²) in [5, 5.41) is 4.38. The number of anilines is 2. The van der Waals surface area contributed by atoms with Crippen LogP contribution in [0.1, 0.15) is 10.4 Å². The minimum atomic E-state index is -0.518. The van der Waals surface area contributed by atoms with Crippen molar-refractivity contribution in [3.8, 4) is 11.4 Å². The predicted molar refractivity (Wildman–Crippen MR) is 80.2 cm³/mol. The molecule has 1 aromatic heterocycles. The number of hydrogen-bond donors (Lipinski definition) is 1. The number of nitrogen functional groups attached to an aromatic ring is 1. The number of ether oxygens (including phenoxy) is 2. The van der Waals surface area contributed by atoms with Crippen LogP contribution in [-0.4, -0.2) is 44.1 Å². The average Bonchev–Trinajstić information content (AvgIpc) is 2.84. The van der Waals surface area contributed by atoms with Gasteiger partial charge in [-0.15, -0.1) is 5.10 Å². The molecule has 2 N–H and O–H groups in total. The molecule has 1 aromatic carbocycles. The molecule has 7 heteroatoms. The summed E-state index contributed by atoms with van der Waals surface area (Å²) in [5.41, 5.74) is 7.04. The molecular weight excluding hydrogens is 272 g/mol. The Morgan fingerprint density at radius 2 is 1.86 bits per heavy atom. The van der Waals surface area contributed by atoms with Gasteiger partial charge < -0.3 is 20.1 Å². The van der Waals surface area contributed by atoms with E-state index in [0.29, 0.717) is 5.82 Å². The summed E-state index contributed by atoms with van der Waals surface area (Å²) >= 11 is 0. The zero-order chi connectivity index (χ0) is 15.6. The van der Waals surface area contributed by atoms with Crippen molar-refractivity contribution in [2.45, 2.75) is 0 Å². The standard InChI is InChI=1S/C14H18N4O3/c1-17(2)13-11(14(19)21-4)12(15)18(16-13)9-5-7-10(20-3)8-6-9/h5-8H,15H2,1-4H3. The van der Waals surface area contributed by atoms with E-state index in [-0.39, 0.29) is 11.4 Å². The van der Waals surface area contributed by atoms with Gasteiger partial charge in [-0.1, -0.05) is 0 Å². The van der Waals surface area contributed by atoms with E-state index in [1.54, 1.807) is 38.2 Å². The lowest BCUT2D eigenvalue weighted by Crippen LogP contribution is -2.14. The number of carbonyl (C=O) groups is 1. The van der Waals surface area contributed by atoms with Crippen molar-refractivity contribution >= 4 is 17.6 Å². The molecule has 0 aliphatic carbocycles. The molecule has 0 aliphatic rings. The first-order valence-electron chi connectivity index (χ1n) is 6.28. The highest BCUT2D eigenvalue weighted by Crippen LogP contribution is 2.28. The van der Waals surface area contributed by atoms with E-state index < -0.39 is 5.97 Å². The van der Waals surface area contributed by atoms with Gasteiger partial charge >= 0.3 is 5.97 Å². The average molecular weight is 290 g/mol. The summed E-state index contributed by atoms with van der Waals surface area (Å²) in [4.78, 5) is 13.6. The summed E-state index contributed by atoms with van der Waals surface area (Å²) in [6.45, 7) is 0. The number of aromatic nitrogens is 2. The van der Waals surface area contributed by atoms with Gasteiger partial charge in [0.15, 0.2) is 5.82 Å². The van der Waals surface area contributed by atoms with Gasteiger partial charge in [0.05, 0.1) is 19.9 Å². The van der Waals surface area contributed by atoms with E-state index in [2.05, 4.69) is 5.10 Å². The van der Waals surface area contributed by atoms with E-state index in [1.165, 1.54) is 11.8 Å². The maximum Gasteiger partial charge on any atom is 0.345 e. The molecule has 0 saturated heterocycles. The van der Waals surface area contributed by atoms with Crippen LogP contribution in [0.4, 0.5) is 11.6 Å². The van der Waals surface area contributed by atoms with E-state index in [0.717, 1.165) is 11.4 Å². The number of nitrogens with zero attached hydrogens (tertiary/aromatic N) is 3. The predicted octanol–water partition coefficient (Wildman–Crippen LogP) is 1.32. The first-order chi connectivity index (χ1) is 9.99. The molecule has 0 aliphatic heterocycles. The summed E-state index contributed by atoms with van der Waals surface area (Å²) in [5.74, 6) is 0.896. The van der Waals surface area contributed by atoms with Crippen LogP contribution in [0.25, 0.3) is 5.69 Å². The summed E-state index contributed by atoms with van der Waals surface area (Å²) in [6, 6.07) is 7.21. The quantitative estimate of drug-likeness (QED) is 0.855. The zero-order valence-electron chi connectivity index (χ0n) is 12.5. The van der Waals surface area contributed by atoms with Gasteiger partial charge in [-0.2, -0.15) is 0 Å². The Morgan fingerprint density at radius 3 is 2.33 bits per heavy atom. The second kappa shape index (κ2) is 5.74. The lowest BCUT2D eigenvalue weighted by Gasteiger charge is -2.09. The van der Waals surface area contributed by atoms with Crippen LogP contribution in [-0.2, 0) is 4.74 Å². The Hall–Kier alpha value is -2.70. The molecule has 112 valence electrons. The second-order valence-electron chi connectivity index (χ2n) is 4.58. The van der Waals surface area contributed by atoms with E-state index in [9.17, 15) is 4.79 Å². The van der Waals surface area contributed by atoms with Crippen LogP contribution in [0, 0.1) is 0 Å². The summed E-state index contributed by atoms with van der Waals surface area (Å²) in [6.07, 6.45) is 0. The molecule has 0 fully saturated rings. The third kappa shape index (κ3) is 2.62. The molecule has 0 saturated carbocycles. The topological polar surface area (TPSA) is 82.6 Å². The van der Waals surface area contributed by atoms with Gasteiger partial charge in [0.2, 0.25) is 0 Å². The van der Waals surface area contributed by atoms with Gasteiger partial charge in [-0.25, -0.2) is 9.48 Å². The lowest BCUT2D eigenvalue weighted by molar-refractivity contribution is 0.0602. The maximum atomic E-state index is 11.9. The number of benzene rings is 1. The third-order valence-corrected chi connectivity index (χ3v) is 3.03. The molecular formula is C14H18N4O3. The number of rotatable bonds is 4.